The zero-order chi connectivity index (χ0) is 20.1. The molecule has 0 aliphatic heterocycles. The van der Waals surface area contributed by atoms with Gasteiger partial charge in [-0.2, -0.15) is 0 Å². The van der Waals surface area contributed by atoms with Crippen molar-refractivity contribution in [1.29, 1.82) is 0 Å². The van der Waals surface area contributed by atoms with Crippen LogP contribution < -0.4 is 0 Å². The third kappa shape index (κ3) is 7.14. The molecule has 13 heteroatoms. The van der Waals surface area contributed by atoms with Gasteiger partial charge in [-0.1, -0.05) is 20.8 Å². The van der Waals surface area contributed by atoms with E-state index in [4.69, 9.17) is 10.7 Å². The van der Waals surface area contributed by atoms with Crippen LogP contribution in [0.3, 0.4) is 0 Å². The number of hydrogen-bond acceptors (Lipinski definition) is 9. The van der Waals surface area contributed by atoms with Crippen LogP contribution in [0.2, 0.25) is 0 Å². The van der Waals surface area contributed by atoms with Gasteiger partial charge in [-0.25, -0.2) is 0 Å². The van der Waals surface area contributed by atoms with Crippen molar-refractivity contribution >= 4 is 37.3 Å². The van der Waals surface area contributed by atoms with Crippen LogP contribution in [0, 0.1) is 0 Å². The van der Waals surface area contributed by atoms with Crippen LogP contribution in [0.1, 0.15) is 41.5 Å². The summed E-state index contributed by atoms with van der Waals surface area (Å²) in [6.07, 6.45) is -0.134. The molecule has 0 aliphatic rings. The van der Waals surface area contributed by atoms with Crippen LogP contribution in [0.15, 0.2) is 0 Å². The van der Waals surface area contributed by atoms with E-state index in [2.05, 4.69) is 0 Å². The van der Waals surface area contributed by atoms with Crippen LogP contribution in [0.5, 0.6) is 0 Å². The highest BCUT2D eigenvalue weighted by Gasteiger charge is 2.51. The first kappa shape index (κ1) is 26.0. The van der Waals surface area contributed by atoms with Gasteiger partial charge in [0, 0.05) is 18.5 Å². The van der Waals surface area contributed by atoms with Gasteiger partial charge in [0.15, 0.2) is 0 Å². The van der Waals surface area contributed by atoms with E-state index in [1.165, 1.54) is 41.5 Å². The Morgan fingerprint density at radius 1 is 0.680 bits per heavy atom. The fraction of sp³-hybridized carbons (Fsp3) is 1.00. The average molecular weight is 438 g/mol. The van der Waals surface area contributed by atoms with Crippen LogP contribution in [-0.4, -0.2) is 66.5 Å². The van der Waals surface area contributed by atoms with E-state index in [0.717, 1.165) is 0 Å². The van der Waals surface area contributed by atoms with E-state index in [1.54, 1.807) is 0 Å². The van der Waals surface area contributed by atoms with Gasteiger partial charge >= 0.3 is 15.1 Å². The first-order valence-corrected chi connectivity index (χ1v) is 15.2. The lowest BCUT2D eigenvalue weighted by Crippen LogP contribution is -2.30. The summed E-state index contributed by atoms with van der Waals surface area (Å²) in [4.78, 5) is 0. The normalized spacial score (nSPS) is 22.9. The molecular formula is C12H30AlO9P3. The average Bonchev–Trinajstić information content (AvgIpc) is 2.53. The Labute approximate surface area is 154 Å². The minimum absolute atomic E-state index is 0.0445. The number of aliphatic hydroxyl groups excluding tert-OH is 3. The number of hydrogen-bond donors (Lipinski definition) is 3. The first-order chi connectivity index (χ1) is 11.3. The third-order valence-electron chi connectivity index (χ3n) is 3.82. The molecule has 0 aromatic carbocycles. The van der Waals surface area contributed by atoms with E-state index in [0.29, 0.717) is 0 Å². The molecule has 0 saturated carbocycles. The Kier molecular flexibility index (Phi) is 10.9. The Bertz CT molecular complexity index is 476. The van der Waals surface area contributed by atoms with Crippen LogP contribution in [-0.2, 0) is 24.4 Å². The van der Waals surface area contributed by atoms with Crippen molar-refractivity contribution in [1.82, 2.24) is 0 Å². The zero-order valence-electron chi connectivity index (χ0n) is 15.6. The molecule has 0 aromatic rings. The minimum Gasteiger partial charge on any atom is -0.403 e. The molecule has 0 aromatic heterocycles. The van der Waals surface area contributed by atoms with E-state index >= 15 is 0 Å². The molecule has 0 heterocycles. The molecule has 150 valence electrons. The molecule has 0 saturated heterocycles. The lowest BCUT2D eigenvalue weighted by molar-refractivity contribution is 0.210. The van der Waals surface area contributed by atoms with Crippen molar-refractivity contribution in [2.45, 2.75) is 59.1 Å². The summed E-state index contributed by atoms with van der Waals surface area (Å²) in [5.74, 6) is -4.00. The Balaban J connectivity index is 5.78. The molecule has 0 radical (unpaired) electrons. The Hall–Kier alpha value is 0.982. The van der Waals surface area contributed by atoms with Crippen LogP contribution in [0.25, 0.3) is 0 Å². The molecule has 0 aliphatic carbocycles. The summed E-state index contributed by atoms with van der Waals surface area (Å²) in [5.41, 5.74) is 0. The maximum Gasteiger partial charge on any atom is 0.921 e. The van der Waals surface area contributed by atoms with Gasteiger partial charge in [0.05, 0.1) is 0 Å². The minimum atomic E-state index is -3.62. The second-order valence-electron chi connectivity index (χ2n) is 5.63. The standard InChI is InChI=1S/3C4H11O3P.Al/c3*1-3-8(6,7)4(2)5;/h3*4-5H,3H2,1-2H3,(H,6,7);/q;;;+3/p-3. The molecule has 25 heavy (non-hydrogen) atoms. The van der Waals surface area contributed by atoms with Gasteiger partial charge in [0.2, 0.25) is 22.1 Å². The van der Waals surface area contributed by atoms with Crippen molar-refractivity contribution < 1.29 is 39.7 Å². The second-order valence-corrected chi connectivity index (χ2v) is 17.2. The zero-order valence-corrected chi connectivity index (χ0v) is 19.4. The second kappa shape index (κ2) is 10.5. The predicted octanol–water partition coefficient (Wildman–Crippen LogP) is 2.93. The number of aliphatic hydroxyl groups is 3. The molecule has 0 spiro atoms. The molecule has 6 atom stereocenters. The lowest BCUT2D eigenvalue weighted by atomic mass is 10.9. The van der Waals surface area contributed by atoms with Crippen molar-refractivity contribution in [2.24, 2.45) is 0 Å². The number of rotatable bonds is 12. The van der Waals surface area contributed by atoms with Gasteiger partial charge in [0.25, 0.3) is 0 Å². The maximum atomic E-state index is 12.7. The summed E-state index contributed by atoms with van der Waals surface area (Å²) in [5, 5.41) is 29.2. The summed E-state index contributed by atoms with van der Waals surface area (Å²) < 4.78 is 54.2. The summed E-state index contributed by atoms with van der Waals surface area (Å²) >= 11 is -3.60. The van der Waals surface area contributed by atoms with E-state index in [1.807, 2.05) is 0 Å². The molecule has 9 nitrogen and oxygen atoms in total. The highest BCUT2D eigenvalue weighted by Crippen LogP contribution is 2.59. The van der Waals surface area contributed by atoms with Crippen LogP contribution >= 0.6 is 22.1 Å². The van der Waals surface area contributed by atoms with Gasteiger partial charge in [-0.3, -0.25) is 13.7 Å². The monoisotopic (exact) mass is 438 g/mol. The van der Waals surface area contributed by atoms with Gasteiger partial charge in [-0.15, -0.1) is 0 Å². The van der Waals surface area contributed by atoms with Gasteiger partial charge < -0.3 is 26.0 Å². The predicted molar refractivity (Wildman–Crippen MR) is 98.5 cm³/mol. The quantitative estimate of drug-likeness (QED) is 0.310. The van der Waals surface area contributed by atoms with Crippen molar-refractivity contribution in [2.75, 3.05) is 18.5 Å². The highest BCUT2D eigenvalue weighted by atomic mass is 31.2. The van der Waals surface area contributed by atoms with E-state index < -0.39 is 54.8 Å². The van der Waals surface area contributed by atoms with Crippen molar-refractivity contribution in [3.8, 4) is 0 Å². The molecule has 3 N–H and O–H groups in total. The summed E-state index contributed by atoms with van der Waals surface area (Å²) in [7, 11) is -10.9. The van der Waals surface area contributed by atoms with Gasteiger partial charge in [-0.05, 0) is 20.8 Å². The van der Waals surface area contributed by atoms with Gasteiger partial charge in [0.1, 0.15) is 17.5 Å². The fourth-order valence-electron chi connectivity index (χ4n) is 1.78. The molecule has 0 fully saturated rings. The van der Waals surface area contributed by atoms with Crippen molar-refractivity contribution in [3.63, 3.8) is 0 Å². The topological polar surface area (TPSA) is 140 Å². The summed E-state index contributed by atoms with van der Waals surface area (Å²) in [6.45, 7) is 8.41. The lowest BCUT2D eigenvalue weighted by Gasteiger charge is -2.30. The van der Waals surface area contributed by atoms with Crippen molar-refractivity contribution in [3.05, 3.63) is 0 Å². The Morgan fingerprint density at radius 3 is 1.00 bits per heavy atom. The molecule has 0 amide bonds. The SMILES string of the molecule is CCP(=O)([O][Al]([O]P(=O)(CC)C(C)O)[O]P(=O)(CC)C(C)O)C(C)O. The third-order valence-corrected chi connectivity index (χ3v) is 16.2. The van der Waals surface area contributed by atoms with Crippen LogP contribution in [0.4, 0.5) is 0 Å². The smallest absolute Gasteiger partial charge is 0.403 e. The Morgan fingerprint density at radius 2 is 0.880 bits per heavy atom. The maximum absolute atomic E-state index is 12.7. The molecule has 0 rings (SSSR count). The first-order valence-electron chi connectivity index (χ1n) is 8.15. The fourth-order valence-corrected chi connectivity index (χ4v) is 12.3. The van der Waals surface area contributed by atoms with E-state index in [9.17, 15) is 29.0 Å². The van der Waals surface area contributed by atoms with E-state index in [-0.39, 0.29) is 18.5 Å². The largest absolute Gasteiger partial charge is 0.921 e. The molecular weight excluding hydrogens is 408 g/mol. The molecule has 0 bridgehead atoms. The highest BCUT2D eigenvalue weighted by molar-refractivity contribution is 7.64. The summed E-state index contributed by atoms with van der Waals surface area (Å²) in [6, 6.07) is 0. The molecule has 6 unspecified atom stereocenters.